The lowest BCUT2D eigenvalue weighted by Gasteiger charge is -2.25. The second kappa shape index (κ2) is 5.02. The van der Waals surface area contributed by atoms with E-state index in [1.54, 1.807) is 0 Å². The van der Waals surface area contributed by atoms with Crippen LogP contribution in [0.3, 0.4) is 0 Å². The van der Waals surface area contributed by atoms with Crippen LogP contribution in [0.5, 0.6) is 0 Å². The number of rotatable bonds is 4. The van der Waals surface area contributed by atoms with E-state index in [4.69, 9.17) is 4.74 Å². The standard InChI is InChI=1S/C16H23NO/c1-3-12-4-6-13(7-5-12)11(2)17-15-10-14-8-9-16(15)18-14/h4-7,11,14-17H,3,8-10H2,1-2H3. The highest BCUT2D eigenvalue weighted by atomic mass is 16.5. The van der Waals surface area contributed by atoms with Gasteiger partial charge in [0.2, 0.25) is 0 Å². The quantitative estimate of drug-likeness (QED) is 0.879. The third kappa shape index (κ3) is 2.32. The summed E-state index contributed by atoms with van der Waals surface area (Å²) in [5.74, 6) is 0. The van der Waals surface area contributed by atoms with Crippen LogP contribution in [0.15, 0.2) is 24.3 Å². The molecule has 18 heavy (non-hydrogen) atoms. The molecule has 1 aromatic carbocycles. The minimum atomic E-state index is 0.420. The number of hydrogen-bond acceptors (Lipinski definition) is 2. The van der Waals surface area contributed by atoms with Gasteiger partial charge >= 0.3 is 0 Å². The fourth-order valence-electron chi connectivity index (χ4n) is 3.27. The Kier molecular flexibility index (Phi) is 3.40. The van der Waals surface area contributed by atoms with Crippen molar-refractivity contribution in [2.75, 3.05) is 0 Å². The number of nitrogens with one attached hydrogen (secondary N) is 1. The molecule has 2 nitrogen and oxygen atoms in total. The molecule has 2 saturated heterocycles. The zero-order chi connectivity index (χ0) is 12.5. The van der Waals surface area contributed by atoms with Crippen molar-refractivity contribution in [2.24, 2.45) is 0 Å². The summed E-state index contributed by atoms with van der Waals surface area (Å²) in [6, 6.07) is 9.97. The number of aryl methyl sites for hydroxylation is 1. The third-order valence-electron chi connectivity index (χ3n) is 4.46. The van der Waals surface area contributed by atoms with Gasteiger partial charge in [-0.05, 0) is 43.7 Å². The Hall–Kier alpha value is -0.860. The van der Waals surface area contributed by atoms with Gasteiger partial charge in [0, 0.05) is 12.1 Å². The zero-order valence-corrected chi connectivity index (χ0v) is 11.4. The molecule has 0 radical (unpaired) electrons. The second-order valence-corrected chi connectivity index (χ2v) is 5.70. The molecule has 2 aliphatic heterocycles. The molecule has 2 fully saturated rings. The predicted molar refractivity (Wildman–Crippen MR) is 73.7 cm³/mol. The molecule has 0 saturated carbocycles. The van der Waals surface area contributed by atoms with Crippen molar-refractivity contribution in [1.82, 2.24) is 5.32 Å². The van der Waals surface area contributed by atoms with Crippen molar-refractivity contribution in [3.63, 3.8) is 0 Å². The first-order valence-electron chi connectivity index (χ1n) is 7.26. The van der Waals surface area contributed by atoms with Gasteiger partial charge in [0.1, 0.15) is 0 Å². The molecule has 4 atom stereocenters. The normalized spacial score (nSPS) is 31.8. The number of hydrogen-bond donors (Lipinski definition) is 1. The van der Waals surface area contributed by atoms with Crippen LogP contribution in [-0.4, -0.2) is 18.2 Å². The minimum Gasteiger partial charge on any atom is -0.373 e. The largest absolute Gasteiger partial charge is 0.373 e. The smallest absolute Gasteiger partial charge is 0.0733 e. The Labute approximate surface area is 110 Å². The fourth-order valence-corrected chi connectivity index (χ4v) is 3.27. The molecular weight excluding hydrogens is 222 g/mol. The van der Waals surface area contributed by atoms with Crippen LogP contribution < -0.4 is 5.32 Å². The monoisotopic (exact) mass is 245 g/mol. The summed E-state index contributed by atoms with van der Waals surface area (Å²) in [5.41, 5.74) is 2.80. The summed E-state index contributed by atoms with van der Waals surface area (Å²) in [7, 11) is 0. The van der Waals surface area contributed by atoms with E-state index in [0.717, 1.165) is 6.42 Å². The Morgan fingerprint density at radius 3 is 2.61 bits per heavy atom. The molecule has 0 aliphatic carbocycles. The molecule has 0 aromatic heterocycles. The molecule has 2 aliphatic rings. The predicted octanol–water partition coefficient (Wildman–Crippen LogP) is 3.22. The molecule has 4 unspecified atom stereocenters. The van der Waals surface area contributed by atoms with E-state index in [1.807, 2.05) is 0 Å². The molecule has 1 aromatic rings. The topological polar surface area (TPSA) is 21.3 Å². The highest BCUT2D eigenvalue weighted by Gasteiger charge is 2.40. The molecule has 0 amide bonds. The van der Waals surface area contributed by atoms with Crippen molar-refractivity contribution in [3.05, 3.63) is 35.4 Å². The maximum absolute atomic E-state index is 5.90. The van der Waals surface area contributed by atoms with Crippen molar-refractivity contribution in [2.45, 2.75) is 63.8 Å². The first kappa shape index (κ1) is 12.2. The highest BCUT2D eigenvalue weighted by Crippen LogP contribution is 2.35. The molecule has 2 heteroatoms. The summed E-state index contributed by atoms with van der Waals surface area (Å²) in [6.45, 7) is 4.45. The van der Waals surface area contributed by atoms with E-state index in [9.17, 15) is 0 Å². The lowest BCUT2D eigenvalue weighted by atomic mass is 9.94. The average molecular weight is 245 g/mol. The van der Waals surface area contributed by atoms with Crippen LogP contribution in [-0.2, 0) is 11.2 Å². The van der Waals surface area contributed by atoms with Crippen molar-refractivity contribution in [1.29, 1.82) is 0 Å². The van der Waals surface area contributed by atoms with E-state index < -0.39 is 0 Å². The lowest BCUT2D eigenvalue weighted by Crippen LogP contribution is -2.38. The Bertz CT molecular complexity index is 400. The van der Waals surface area contributed by atoms with E-state index in [0.29, 0.717) is 24.3 Å². The van der Waals surface area contributed by atoms with Crippen LogP contribution >= 0.6 is 0 Å². The van der Waals surface area contributed by atoms with Gasteiger partial charge in [0.15, 0.2) is 0 Å². The molecule has 3 rings (SSSR count). The van der Waals surface area contributed by atoms with Gasteiger partial charge in [-0.2, -0.15) is 0 Å². The third-order valence-corrected chi connectivity index (χ3v) is 4.46. The van der Waals surface area contributed by atoms with Crippen molar-refractivity contribution < 1.29 is 4.74 Å². The van der Waals surface area contributed by atoms with Gasteiger partial charge in [0.25, 0.3) is 0 Å². The lowest BCUT2D eigenvalue weighted by molar-refractivity contribution is 0.0962. The van der Waals surface area contributed by atoms with Crippen molar-refractivity contribution >= 4 is 0 Å². The molecule has 98 valence electrons. The maximum atomic E-state index is 5.90. The molecule has 2 bridgehead atoms. The minimum absolute atomic E-state index is 0.420. The van der Waals surface area contributed by atoms with Crippen molar-refractivity contribution in [3.8, 4) is 0 Å². The SMILES string of the molecule is CCc1ccc(C(C)NC2CC3CCC2O3)cc1. The van der Waals surface area contributed by atoms with Gasteiger partial charge in [-0.1, -0.05) is 31.2 Å². The summed E-state index contributed by atoms with van der Waals surface area (Å²) < 4.78 is 5.90. The number of ether oxygens (including phenoxy) is 1. The summed E-state index contributed by atoms with van der Waals surface area (Å²) in [5, 5.41) is 3.74. The molecule has 2 heterocycles. The van der Waals surface area contributed by atoms with Crippen LogP contribution in [0.2, 0.25) is 0 Å². The van der Waals surface area contributed by atoms with Crippen LogP contribution in [0, 0.1) is 0 Å². The van der Waals surface area contributed by atoms with Crippen LogP contribution in [0.1, 0.15) is 50.3 Å². The van der Waals surface area contributed by atoms with Crippen LogP contribution in [0.4, 0.5) is 0 Å². The van der Waals surface area contributed by atoms with Gasteiger partial charge in [0.05, 0.1) is 12.2 Å². The fraction of sp³-hybridized carbons (Fsp3) is 0.625. The first-order valence-corrected chi connectivity index (χ1v) is 7.26. The Morgan fingerprint density at radius 2 is 2.06 bits per heavy atom. The summed E-state index contributed by atoms with van der Waals surface area (Å²) in [6.07, 6.45) is 5.81. The Balaban J connectivity index is 1.62. The van der Waals surface area contributed by atoms with Gasteiger partial charge in [-0.3, -0.25) is 0 Å². The van der Waals surface area contributed by atoms with Gasteiger partial charge < -0.3 is 10.1 Å². The van der Waals surface area contributed by atoms with E-state index in [1.165, 1.54) is 30.4 Å². The zero-order valence-electron chi connectivity index (χ0n) is 11.4. The van der Waals surface area contributed by atoms with E-state index in [-0.39, 0.29) is 0 Å². The maximum Gasteiger partial charge on any atom is 0.0733 e. The van der Waals surface area contributed by atoms with E-state index in [2.05, 4.69) is 43.4 Å². The Morgan fingerprint density at radius 1 is 1.28 bits per heavy atom. The molecular formula is C16H23NO. The van der Waals surface area contributed by atoms with Gasteiger partial charge in [-0.15, -0.1) is 0 Å². The van der Waals surface area contributed by atoms with Gasteiger partial charge in [-0.25, -0.2) is 0 Å². The highest BCUT2D eigenvalue weighted by molar-refractivity contribution is 5.24. The van der Waals surface area contributed by atoms with Crippen LogP contribution in [0.25, 0.3) is 0 Å². The average Bonchev–Trinajstić information content (AvgIpc) is 3.01. The second-order valence-electron chi connectivity index (χ2n) is 5.70. The first-order chi connectivity index (χ1) is 8.76. The molecule has 1 N–H and O–H groups in total. The van der Waals surface area contributed by atoms with E-state index >= 15 is 0 Å². The summed E-state index contributed by atoms with van der Waals surface area (Å²) >= 11 is 0. The summed E-state index contributed by atoms with van der Waals surface area (Å²) in [4.78, 5) is 0. The number of benzene rings is 1. The molecule has 0 spiro atoms. The number of fused-ring (bicyclic) bond motifs is 2.